The zero-order chi connectivity index (χ0) is 22.5. The van der Waals surface area contributed by atoms with Crippen LogP contribution in [0.4, 0.5) is 0 Å². The van der Waals surface area contributed by atoms with Crippen molar-refractivity contribution in [1.29, 1.82) is 0 Å². The monoisotopic (exact) mass is 527 g/mol. The molecular formula is C24H20BrCl2N5. The van der Waals surface area contributed by atoms with Crippen LogP contribution in [-0.4, -0.2) is 25.2 Å². The standard InChI is InChI=1S/C16H11Cl2N5.C8H9Br/c17-13-3-1-2-11(16(13)18)8-23-9-15(21-22-23)10-4-5-14-12(6-10)7-19-20-14;1-7-4-2-3-5-8(7)6-9/h1-7,9H,8H2,(H,19,20);2-5H,6H2,1H3. The predicted octanol–water partition coefficient (Wildman–Crippen LogP) is 7.07. The zero-order valence-electron chi connectivity index (χ0n) is 17.3. The summed E-state index contributed by atoms with van der Waals surface area (Å²) in [4.78, 5) is 0. The quantitative estimate of drug-likeness (QED) is 0.254. The summed E-state index contributed by atoms with van der Waals surface area (Å²) >= 11 is 15.7. The van der Waals surface area contributed by atoms with Crippen LogP contribution in [0.2, 0.25) is 10.0 Å². The highest BCUT2D eigenvalue weighted by molar-refractivity contribution is 9.08. The zero-order valence-corrected chi connectivity index (χ0v) is 20.4. The number of aryl methyl sites for hydroxylation is 1. The largest absolute Gasteiger partial charge is 0.278 e. The van der Waals surface area contributed by atoms with Crippen molar-refractivity contribution in [1.82, 2.24) is 25.2 Å². The van der Waals surface area contributed by atoms with Gasteiger partial charge in [0, 0.05) is 16.3 Å². The van der Waals surface area contributed by atoms with Crippen molar-refractivity contribution in [3.05, 3.63) is 99.8 Å². The molecule has 8 heteroatoms. The van der Waals surface area contributed by atoms with Gasteiger partial charge in [0.2, 0.25) is 0 Å². The molecule has 0 fully saturated rings. The highest BCUT2D eigenvalue weighted by Gasteiger charge is 2.09. The van der Waals surface area contributed by atoms with Gasteiger partial charge in [0.15, 0.2) is 0 Å². The minimum absolute atomic E-state index is 0.514. The molecule has 0 aliphatic carbocycles. The van der Waals surface area contributed by atoms with Crippen molar-refractivity contribution in [3.63, 3.8) is 0 Å². The molecule has 5 nitrogen and oxygen atoms in total. The summed E-state index contributed by atoms with van der Waals surface area (Å²) in [5, 5.41) is 18.4. The van der Waals surface area contributed by atoms with Crippen LogP contribution in [0, 0.1) is 6.92 Å². The maximum atomic E-state index is 6.22. The fraction of sp³-hybridized carbons (Fsp3) is 0.125. The molecule has 0 spiro atoms. The van der Waals surface area contributed by atoms with Gasteiger partial charge in [0.05, 0.1) is 34.5 Å². The van der Waals surface area contributed by atoms with Crippen LogP contribution in [0.25, 0.3) is 22.2 Å². The summed E-state index contributed by atoms with van der Waals surface area (Å²) in [6.07, 6.45) is 3.67. The lowest BCUT2D eigenvalue weighted by molar-refractivity contribution is 0.650. The molecule has 0 saturated carbocycles. The van der Waals surface area contributed by atoms with Gasteiger partial charge in [-0.1, -0.05) is 86.8 Å². The van der Waals surface area contributed by atoms with Crippen LogP contribution >= 0.6 is 39.1 Å². The van der Waals surface area contributed by atoms with E-state index < -0.39 is 0 Å². The lowest BCUT2D eigenvalue weighted by atomic mass is 10.1. The minimum Gasteiger partial charge on any atom is -0.278 e. The Balaban J connectivity index is 0.000000230. The van der Waals surface area contributed by atoms with Crippen molar-refractivity contribution in [2.24, 2.45) is 0 Å². The molecular weight excluding hydrogens is 509 g/mol. The van der Waals surface area contributed by atoms with Gasteiger partial charge in [-0.2, -0.15) is 5.10 Å². The predicted molar refractivity (Wildman–Crippen MR) is 134 cm³/mol. The maximum Gasteiger partial charge on any atom is 0.113 e. The number of benzene rings is 3. The number of hydrogen-bond donors (Lipinski definition) is 1. The second-order valence-corrected chi connectivity index (χ2v) is 8.59. The number of nitrogens with zero attached hydrogens (tertiary/aromatic N) is 4. The van der Waals surface area contributed by atoms with Crippen molar-refractivity contribution < 1.29 is 0 Å². The van der Waals surface area contributed by atoms with Crippen LogP contribution in [0.5, 0.6) is 0 Å². The van der Waals surface area contributed by atoms with E-state index in [1.807, 2.05) is 36.5 Å². The fourth-order valence-corrected chi connectivity index (χ4v) is 4.22. The second kappa shape index (κ2) is 10.3. The molecule has 32 heavy (non-hydrogen) atoms. The van der Waals surface area contributed by atoms with E-state index >= 15 is 0 Å². The maximum absolute atomic E-state index is 6.22. The van der Waals surface area contributed by atoms with Crippen LogP contribution < -0.4 is 0 Å². The van der Waals surface area contributed by atoms with Gasteiger partial charge in [0.1, 0.15) is 5.69 Å². The molecule has 1 N–H and O–H groups in total. The number of aromatic amines is 1. The summed E-state index contributed by atoms with van der Waals surface area (Å²) in [5.74, 6) is 0. The molecule has 2 heterocycles. The van der Waals surface area contributed by atoms with E-state index in [-0.39, 0.29) is 0 Å². The summed E-state index contributed by atoms with van der Waals surface area (Å²) < 4.78 is 1.74. The molecule has 0 saturated heterocycles. The van der Waals surface area contributed by atoms with E-state index in [1.54, 1.807) is 16.9 Å². The van der Waals surface area contributed by atoms with Gasteiger partial charge in [-0.25, -0.2) is 4.68 Å². The molecule has 3 aromatic carbocycles. The Morgan fingerprint density at radius 1 is 1.00 bits per heavy atom. The Labute approximate surface area is 204 Å². The summed E-state index contributed by atoms with van der Waals surface area (Å²) in [7, 11) is 0. The highest BCUT2D eigenvalue weighted by atomic mass is 79.9. The summed E-state index contributed by atoms with van der Waals surface area (Å²) in [6.45, 7) is 2.64. The topological polar surface area (TPSA) is 59.4 Å². The molecule has 0 unspecified atom stereocenters. The van der Waals surface area contributed by atoms with Crippen LogP contribution in [0.3, 0.4) is 0 Å². The molecule has 2 aromatic heterocycles. The first-order valence-electron chi connectivity index (χ1n) is 9.92. The van der Waals surface area contributed by atoms with E-state index in [0.717, 1.165) is 33.1 Å². The van der Waals surface area contributed by atoms with Gasteiger partial charge >= 0.3 is 0 Å². The first-order valence-corrected chi connectivity index (χ1v) is 11.8. The highest BCUT2D eigenvalue weighted by Crippen LogP contribution is 2.26. The second-order valence-electron chi connectivity index (χ2n) is 7.25. The molecule has 0 bridgehead atoms. The van der Waals surface area contributed by atoms with Gasteiger partial charge in [0.25, 0.3) is 0 Å². The number of fused-ring (bicyclic) bond motifs is 1. The molecule has 0 aliphatic heterocycles. The van der Waals surface area contributed by atoms with E-state index in [2.05, 4.69) is 67.6 Å². The lowest BCUT2D eigenvalue weighted by Crippen LogP contribution is -2.01. The fourth-order valence-electron chi connectivity index (χ4n) is 3.22. The molecule has 5 rings (SSSR count). The molecule has 0 radical (unpaired) electrons. The minimum atomic E-state index is 0.514. The number of alkyl halides is 1. The smallest absolute Gasteiger partial charge is 0.113 e. The van der Waals surface area contributed by atoms with Crippen LogP contribution in [0.15, 0.2) is 73.1 Å². The van der Waals surface area contributed by atoms with E-state index in [1.165, 1.54) is 11.1 Å². The van der Waals surface area contributed by atoms with Crippen molar-refractivity contribution in [2.75, 3.05) is 0 Å². The molecule has 0 atom stereocenters. The van der Waals surface area contributed by atoms with E-state index in [4.69, 9.17) is 23.2 Å². The van der Waals surface area contributed by atoms with Crippen molar-refractivity contribution >= 4 is 50.0 Å². The average molecular weight is 529 g/mol. The normalized spacial score (nSPS) is 10.8. The number of halogens is 3. The molecule has 5 aromatic rings. The molecule has 0 aliphatic rings. The Bertz CT molecular complexity index is 1350. The Morgan fingerprint density at radius 2 is 1.81 bits per heavy atom. The van der Waals surface area contributed by atoms with Crippen LogP contribution in [-0.2, 0) is 11.9 Å². The van der Waals surface area contributed by atoms with E-state index in [0.29, 0.717) is 16.6 Å². The molecule has 0 amide bonds. The Hall–Kier alpha value is -2.67. The lowest BCUT2D eigenvalue weighted by Gasteiger charge is -2.04. The number of rotatable bonds is 4. The summed E-state index contributed by atoms with van der Waals surface area (Å²) in [6, 6.07) is 19.9. The van der Waals surface area contributed by atoms with Gasteiger partial charge in [-0.3, -0.25) is 5.10 Å². The third-order valence-electron chi connectivity index (χ3n) is 5.04. The van der Waals surface area contributed by atoms with Gasteiger partial charge < -0.3 is 0 Å². The average Bonchev–Trinajstić information content (AvgIpc) is 3.47. The number of hydrogen-bond acceptors (Lipinski definition) is 3. The number of H-pyrrole nitrogens is 1. The summed E-state index contributed by atoms with van der Waals surface area (Å²) in [5.41, 5.74) is 6.41. The third kappa shape index (κ3) is 5.21. The van der Waals surface area contributed by atoms with Gasteiger partial charge in [-0.05, 0) is 41.8 Å². The third-order valence-corrected chi connectivity index (χ3v) is 6.51. The van der Waals surface area contributed by atoms with Crippen molar-refractivity contribution in [2.45, 2.75) is 18.8 Å². The number of nitrogens with one attached hydrogen (secondary N) is 1. The first kappa shape index (κ1) is 22.5. The van der Waals surface area contributed by atoms with Crippen LogP contribution in [0.1, 0.15) is 16.7 Å². The number of aromatic nitrogens is 5. The van der Waals surface area contributed by atoms with Gasteiger partial charge in [-0.15, -0.1) is 5.10 Å². The SMILES string of the molecule is Cc1ccccc1CBr.Clc1cccc(Cn2cc(-c3ccc4[nH]ncc4c3)nn2)c1Cl. The van der Waals surface area contributed by atoms with E-state index in [9.17, 15) is 0 Å². The molecule has 162 valence electrons. The Morgan fingerprint density at radius 3 is 2.59 bits per heavy atom. The van der Waals surface area contributed by atoms with Crippen molar-refractivity contribution in [3.8, 4) is 11.3 Å². The first-order chi connectivity index (χ1) is 15.5. The Kier molecular flexibility index (Phi) is 7.25.